The molecule has 5 aromatic rings. The van der Waals surface area contributed by atoms with Crippen molar-refractivity contribution < 1.29 is 9.13 Å². The van der Waals surface area contributed by atoms with Crippen molar-refractivity contribution in [3.8, 4) is 28.4 Å². The molecule has 0 bridgehead atoms. The van der Waals surface area contributed by atoms with Gasteiger partial charge >= 0.3 is 0 Å². The zero-order valence-corrected chi connectivity index (χ0v) is 16.6. The van der Waals surface area contributed by atoms with Crippen molar-refractivity contribution >= 4 is 5.52 Å². The fraction of sp³-hybridized carbons (Fsp3) is 0.143. The quantitative estimate of drug-likeness (QED) is 0.419. The molecule has 9 nitrogen and oxygen atoms in total. The number of fused-ring (bicyclic) bond motifs is 1. The number of benzene rings is 1. The van der Waals surface area contributed by atoms with Gasteiger partial charge in [-0.05, 0) is 36.8 Å². The number of pyridine rings is 1. The molecule has 0 unspecified atom stereocenters. The molecule has 0 atom stereocenters. The number of rotatable bonds is 6. The second-order valence-electron chi connectivity index (χ2n) is 6.64. The van der Waals surface area contributed by atoms with Crippen LogP contribution in [0.4, 0.5) is 4.39 Å². The number of aryl methyl sites for hydroxylation is 1. The minimum atomic E-state index is -0.413. The highest BCUT2D eigenvalue weighted by Crippen LogP contribution is 2.35. The van der Waals surface area contributed by atoms with Crippen LogP contribution in [-0.4, -0.2) is 39.6 Å². The third-order valence-corrected chi connectivity index (χ3v) is 4.84. The van der Waals surface area contributed by atoms with Gasteiger partial charge in [0.25, 0.3) is 0 Å². The molecule has 0 saturated carbocycles. The van der Waals surface area contributed by atoms with Gasteiger partial charge < -0.3 is 4.74 Å². The molecule has 0 aliphatic rings. The minimum absolute atomic E-state index is 0.172. The van der Waals surface area contributed by atoms with Crippen molar-refractivity contribution in [1.82, 2.24) is 39.6 Å². The Kier molecular flexibility index (Phi) is 4.79. The lowest BCUT2D eigenvalue weighted by Crippen LogP contribution is -2.08. The molecule has 0 aliphatic carbocycles. The van der Waals surface area contributed by atoms with Gasteiger partial charge in [0.05, 0.1) is 17.3 Å². The Balaban J connectivity index is 1.67. The van der Waals surface area contributed by atoms with Gasteiger partial charge in [-0.2, -0.15) is 10.2 Å². The number of hydrogen-bond acceptors (Lipinski definition) is 7. The Labute approximate surface area is 176 Å². The van der Waals surface area contributed by atoms with Gasteiger partial charge in [-0.25, -0.2) is 18.6 Å². The van der Waals surface area contributed by atoms with E-state index in [1.165, 1.54) is 12.4 Å². The summed E-state index contributed by atoms with van der Waals surface area (Å²) in [4.78, 5) is 8.33. The maximum absolute atomic E-state index is 14.5. The smallest absolute Gasteiger partial charge is 0.242 e. The average molecular weight is 416 g/mol. The highest BCUT2D eigenvalue weighted by atomic mass is 19.1. The minimum Gasteiger partial charge on any atom is -0.468 e. The molecule has 0 N–H and O–H groups in total. The van der Waals surface area contributed by atoms with Crippen LogP contribution in [-0.2, 0) is 13.2 Å². The Morgan fingerprint density at radius 2 is 1.94 bits per heavy atom. The van der Waals surface area contributed by atoms with E-state index in [9.17, 15) is 4.39 Å². The van der Waals surface area contributed by atoms with Crippen LogP contribution >= 0.6 is 0 Å². The average Bonchev–Trinajstić information content (AvgIpc) is 3.42. The third-order valence-electron chi connectivity index (χ3n) is 4.84. The van der Waals surface area contributed by atoms with Gasteiger partial charge in [0.2, 0.25) is 5.88 Å². The van der Waals surface area contributed by atoms with Gasteiger partial charge in [-0.1, -0.05) is 12.1 Å². The molecule has 31 heavy (non-hydrogen) atoms. The SMILES string of the molecule is CCn1ncnc1COc1nn2c(-c3ccccc3F)nncc2c1-c1ccncc1. The summed E-state index contributed by atoms with van der Waals surface area (Å²) in [5.41, 5.74) is 2.47. The van der Waals surface area contributed by atoms with Gasteiger partial charge in [0.1, 0.15) is 24.3 Å². The Hall–Kier alpha value is -4.21. The normalized spacial score (nSPS) is 11.2. The molecule has 0 amide bonds. The summed E-state index contributed by atoms with van der Waals surface area (Å²) in [6.07, 6.45) is 6.43. The summed E-state index contributed by atoms with van der Waals surface area (Å²) < 4.78 is 23.8. The van der Waals surface area contributed by atoms with E-state index in [4.69, 9.17) is 4.74 Å². The Morgan fingerprint density at radius 1 is 1.10 bits per heavy atom. The summed E-state index contributed by atoms with van der Waals surface area (Å²) in [6.45, 7) is 2.82. The Morgan fingerprint density at radius 3 is 2.74 bits per heavy atom. The first-order valence-electron chi connectivity index (χ1n) is 9.65. The highest BCUT2D eigenvalue weighted by Gasteiger charge is 2.21. The largest absolute Gasteiger partial charge is 0.468 e. The molecule has 0 aliphatic heterocycles. The fourth-order valence-electron chi connectivity index (χ4n) is 3.37. The van der Waals surface area contributed by atoms with Crippen LogP contribution in [0.1, 0.15) is 12.7 Å². The first-order valence-corrected chi connectivity index (χ1v) is 9.65. The van der Waals surface area contributed by atoms with Crippen LogP contribution in [0.25, 0.3) is 28.0 Å². The molecule has 4 heterocycles. The van der Waals surface area contributed by atoms with Crippen molar-refractivity contribution in [2.24, 2.45) is 0 Å². The van der Waals surface area contributed by atoms with Crippen LogP contribution in [0, 0.1) is 5.82 Å². The third kappa shape index (κ3) is 3.37. The highest BCUT2D eigenvalue weighted by molar-refractivity contribution is 5.85. The number of aromatic nitrogens is 8. The van der Waals surface area contributed by atoms with E-state index >= 15 is 0 Å². The molecule has 5 rings (SSSR count). The van der Waals surface area contributed by atoms with Crippen molar-refractivity contribution in [3.63, 3.8) is 0 Å². The summed E-state index contributed by atoms with van der Waals surface area (Å²) in [7, 11) is 0. The lowest BCUT2D eigenvalue weighted by molar-refractivity contribution is 0.276. The molecule has 0 radical (unpaired) electrons. The van der Waals surface area contributed by atoms with Crippen LogP contribution in [0.2, 0.25) is 0 Å². The predicted octanol–water partition coefficient (Wildman–Crippen LogP) is 3.18. The van der Waals surface area contributed by atoms with Crippen LogP contribution in [0.5, 0.6) is 5.88 Å². The molecule has 10 heteroatoms. The van der Waals surface area contributed by atoms with E-state index in [1.807, 2.05) is 19.1 Å². The van der Waals surface area contributed by atoms with Gasteiger partial charge in [-0.15, -0.1) is 10.2 Å². The number of halogens is 1. The summed E-state index contributed by atoms with van der Waals surface area (Å²) in [6, 6.07) is 10.1. The number of hydrogen-bond donors (Lipinski definition) is 0. The van der Waals surface area contributed by atoms with Crippen LogP contribution < -0.4 is 4.74 Å². The maximum Gasteiger partial charge on any atom is 0.242 e. The zero-order valence-electron chi connectivity index (χ0n) is 16.6. The molecule has 0 spiro atoms. The lowest BCUT2D eigenvalue weighted by Gasteiger charge is -2.06. The first-order chi connectivity index (χ1) is 15.3. The van der Waals surface area contributed by atoms with E-state index in [0.717, 1.165) is 5.56 Å². The summed E-state index contributed by atoms with van der Waals surface area (Å²) >= 11 is 0. The second kappa shape index (κ2) is 7.90. The standard InChI is InChI=1S/C21H17FN8O/c1-2-29-18(24-13-26-29)12-31-21-19(14-7-9-23-10-8-14)17-11-25-27-20(30(17)28-21)15-5-3-4-6-16(15)22/h3-11,13H,2,12H2,1H3. The molecule has 0 saturated heterocycles. The van der Waals surface area contributed by atoms with Gasteiger partial charge in [-0.3, -0.25) is 4.98 Å². The lowest BCUT2D eigenvalue weighted by atomic mass is 10.1. The van der Waals surface area contributed by atoms with E-state index in [1.54, 1.807) is 46.0 Å². The van der Waals surface area contributed by atoms with E-state index < -0.39 is 5.82 Å². The van der Waals surface area contributed by atoms with Crippen LogP contribution in [0.15, 0.2) is 61.3 Å². The van der Waals surface area contributed by atoms with Crippen molar-refractivity contribution in [2.45, 2.75) is 20.1 Å². The number of ether oxygens (including phenoxy) is 1. The number of nitrogens with zero attached hydrogens (tertiary/aromatic N) is 8. The van der Waals surface area contributed by atoms with Crippen molar-refractivity contribution in [3.05, 3.63) is 73.0 Å². The van der Waals surface area contributed by atoms with Crippen molar-refractivity contribution in [1.29, 1.82) is 0 Å². The first kappa shape index (κ1) is 18.8. The predicted molar refractivity (Wildman–Crippen MR) is 109 cm³/mol. The molecule has 154 valence electrons. The van der Waals surface area contributed by atoms with Crippen molar-refractivity contribution in [2.75, 3.05) is 0 Å². The van der Waals surface area contributed by atoms with Crippen LogP contribution in [0.3, 0.4) is 0 Å². The van der Waals surface area contributed by atoms with E-state index in [0.29, 0.717) is 34.9 Å². The fourth-order valence-corrected chi connectivity index (χ4v) is 3.37. The van der Waals surface area contributed by atoms with Gasteiger partial charge in [0.15, 0.2) is 11.6 Å². The maximum atomic E-state index is 14.5. The zero-order chi connectivity index (χ0) is 21.2. The molecule has 4 aromatic heterocycles. The molecule has 0 fully saturated rings. The molecular formula is C21H17FN8O. The molecule has 1 aromatic carbocycles. The summed E-state index contributed by atoms with van der Waals surface area (Å²) in [5, 5.41) is 17.0. The van der Waals surface area contributed by atoms with E-state index in [2.05, 4.69) is 30.4 Å². The van der Waals surface area contributed by atoms with E-state index in [-0.39, 0.29) is 12.4 Å². The molecular weight excluding hydrogens is 399 g/mol. The van der Waals surface area contributed by atoms with Gasteiger partial charge in [0, 0.05) is 18.9 Å². The topological polar surface area (TPSA) is 95.9 Å². The summed E-state index contributed by atoms with van der Waals surface area (Å²) in [5.74, 6) is 0.885. The monoisotopic (exact) mass is 416 g/mol. The second-order valence-corrected chi connectivity index (χ2v) is 6.64. The Bertz CT molecular complexity index is 1350.